The summed E-state index contributed by atoms with van der Waals surface area (Å²) in [4.78, 5) is 0. The molecule has 0 aliphatic carbocycles. The van der Waals surface area contributed by atoms with Gasteiger partial charge in [0.2, 0.25) is 0 Å². The summed E-state index contributed by atoms with van der Waals surface area (Å²) in [5.41, 5.74) is 3.63. The molecule has 0 amide bonds. The zero-order valence-corrected chi connectivity index (χ0v) is 20.0. The van der Waals surface area contributed by atoms with Crippen LogP contribution in [0.4, 0.5) is 0 Å². The predicted octanol–water partition coefficient (Wildman–Crippen LogP) is -5.01. The molecular formula is C6H6Bi2Cl2P2Zr. The van der Waals surface area contributed by atoms with Crippen molar-refractivity contribution in [3.05, 3.63) is 19.7 Å². The number of rotatable bonds is 2. The second kappa shape index (κ2) is 9.12. The number of hydrogen-bond donors (Lipinski definition) is 0. The Kier molecular flexibility index (Phi) is 11.3. The number of halogens is 2. The van der Waals surface area contributed by atoms with Crippen molar-refractivity contribution >= 4 is 62.3 Å². The zero-order valence-electron chi connectivity index (χ0n) is 6.46. The maximum Gasteiger partial charge on any atom is -1.00 e. The molecule has 0 bridgehead atoms. The molecule has 0 saturated carbocycles. The van der Waals surface area contributed by atoms with Crippen LogP contribution in [-0.2, 0) is 23.2 Å². The number of hydrogen-bond acceptors (Lipinski definition) is 0. The Hall–Kier alpha value is 3.05. The van der Waals surface area contributed by atoms with Gasteiger partial charge < -0.3 is 24.8 Å². The van der Waals surface area contributed by atoms with Crippen LogP contribution in [0.25, 0.3) is 0 Å². The molecule has 0 aromatic carbocycles. The fourth-order valence-electron chi connectivity index (χ4n) is 0.791. The van der Waals surface area contributed by atoms with Crippen molar-refractivity contribution in [2.45, 2.75) is 0 Å². The van der Waals surface area contributed by atoms with Gasteiger partial charge in [-0.05, 0) is 0 Å². The molecular weight excluding hydrogens is 714 g/mol. The molecule has 0 aromatic heterocycles. The second-order valence-corrected chi connectivity index (χ2v) is 23.1. The maximum atomic E-state index is 2.52. The van der Waals surface area contributed by atoms with Crippen LogP contribution in [-0.4, -0.2) is 51.3 Å². The van der Waals surface area contributed by atoms with Gasteiger partial charge in [-0.15, -0.1) is 0 Å². The van der Waals surface area contributed by atoms with Crippen molar-refractivity contribution in [3.63, 3.8) is 0 Å². The van der Waals surface area contributed by atoms with E-state index in [1.165, 1.54) is 0 Å². The first-order valence-corrected chi connectivity index (χ1v) is 22.4. The standard InChI is InChI=1S/2C3H2P.2Bi.2ClH.Zr.2H/c2*1-2-3-4;;;;;;;/h2*1-2H;;;2*1H;;;/q2*-1;2*+1;;;+2;;/p-2. The van der Waals surface area contributed by atoms with Crippen LogP contribution in [0.3, 0.4) is 0 Å². The molecule has 0 unspecified atom stereocenters. The topological polar surface area (TPSA) is 0 Å². The van der Waals surface area contributed by atoms with Gasteiger partial charge in [0.05, 0.1) is 0 Å². The molecule has 0 aromatic rings. The molecule has 2 aliphatic heterocycles. The van der Waals surface area contributed by atoms with E-state index in [0.717, 1.165) is 0 Å². The molecule has 0 nitrogen and oxygen atoms in total. The first-order chi connectivity index (χ1) is 5.45. The van der Waals surface area contributed by atoms with E-state index in [2.05, 4.69) is 19.7 Å². The minimum absolute atomic E-state index is 0. The summed E-state index contributed by atoms with van der Waals surface area (Å²) < 4.78 is 8.82. The van der Waals surface area contributed by atoms with Crippen LogP contribution in [0.5, 0.6) is 0 Å². The molecule has 0 fully saturated rings. The Labute approximate surface area is 127 Å². The molecule has 68 valence electrons. The van der Waals surface area contributed by atoms with E-state index in [1.807, 2.05) is 17.0 Å². The van der Waals surface area contributed by atoms with E-state index in [1.54, 1.807) is 0 Å². The van der Waals surface area contributed by atoms with Gasteiger partial charge in [-0.2, -0.15) is 0 Å². The van der Waals surface area contributed by atoms with Crippen LogP contribution in [0.2, 0.25) is 0 Å². The predicted molar refractivity (Wildman–Crippen MR) is 56.4 cm³/mol. The fourth-order valence-corrected chi connectivity index (χ4v) is 36.1. The molecule has 0 spiro atoms. The summed E-state index contributed by atoms with van der Waals surface area (Å²) >= 11 is -0.570. The maximum absolute atomic E-state index is 2.52. The number of allylic oxidation sites excluding steroid dienone is 2. The SMILES string of the molecule is [CH]1=C[C]([Zr+2][C]2=[P][BiH][CH]=C2)=[P][BiH]1.[Cl-].[Cl-]. The summed E-state index contributed by atoms with van der Waals surface area (Å²) in [6.07, 6.45) is 4.94. The van der Waals surface area contributed by atoms with E-state index >= 15 is 0 Å². The third-order valence-corrected chi connectivity index (χ3v) is 33.9. The van der Waals surface area contributed by atoms with Gasteiger partial charge in [0, 0.05) is 0 Å². The first kappa shape index (κ1) is 16.0. The molecule has 2 aliphatic rings. The van der Waals surface area contributed by atoms with Crippen LogP contribution in [0.15, 0.2) is 19.7 Å². The molecule has 0 saturated heterocycles. The van der Waals surface area contributed by atoms with Crippen LogP contribution >= 0.6 is 11.0 Å². The van der Waals surface area contributed by atoms with Crippen molar-refractivity contribution < 1.29 is 48.0 Å². The second-order valence-electron chi connectivity index (χ2n) is 2.04. The van der Waals surface area contributed by atoms with Crippen molar-refractivity contribution in [2.24, 2.45) is 0 Å². The van der Waals surface area contributed by atoms with Gasteiger partial charge in [-0.3, -0.25) is 0 Å². The molecule has 0 N–H and O–H groups in total. The van der Waals surface area contributed by atoms with Gasteiger partial charge in [-0.25, -0.2) is 0 Å². The van der Waals surface area contributed by atoms with Crippen molar-refractivity contribution in [3.8, 4) is 0 Å². The smallest absolute Gasteiger partial charge is 1.00 e. The Bertz CT molecular complexity index is 260. The van der Waals surface area contributed by atoms with E-state index in [0.29, 0.717) is 0 Å². The molecule has 13 heavy (non-hydrogen) atoms. The third-order valence-electron chi connectivity index (χ3n) is 1.26. The van der Waals surface area contributed by atoms with Gasteiger partial charge in [0.15, 0.2) is 0 Å². The van der Waals surface area contributed by atoms with Crippen LogP contribution in [0.1, 0.15) is 0 Å². The largest absolute Gasteiger partial charge is 1.00 e. The van der Waals surface area contributed by atoms with Crippen molar-refractivity contribution in [2.75, 3.05) is 0 Å². The van der Waals surface area contributed by atoms with E-state index < -0.39 is 0 Å². The van der Waals surface area contributed by atoms with Gasteiger partial charge in [-0.1, -0.05) is 0 Å². The average molecular weight is 720 g/mol. The Morgan fingerprint density at radius 1 is 0.923 bits per heavy atom. The summed E-state index contributed by atoms with van der Waals surface area (Å²) in [6.45, 7) is 0. The normalized spacial score (nSPS) is 19.4. The van der Waals surface area contributed by atoms with Crippen molar-refractivity contribution in [1.82, 2.24) is 0 Å². The Morgan fingerprint density at radius 3 is 1.69 bits per heavy atom. The quantitative estimate of drug-likeness (QED) is 0.199. The van der Waals surface area contributed by atoms with E-state index in [-0.39, 0.29) is 93.4 Å². The zero-order chi connectivity index (χ0) is 7.52. The van der Waals surface area contributed by atoms with Crippen molar-refractivity contribution in [1.29, 1.82) is 0 Å². The summed E-state index contributed by atoms with van der Waals surface area (Å²) in [5.74, 6) is 0. The summed E-state index contributed by atoms with van der Waals surface area (Å²) in [5, 5.41) is 0. The van der Waals surface area contributed by atoms with Gasteiger partial charge >= 0.3 is 105 Å². The third kappa shape index (κ3) is 5.78. The van der Waals surface area contributed by atoms with E-state index in [4.69, 9.17) is 0 Å². The Balaban J connectivity index is 0.000000720. The minimum Gasteiger partial charge on any atom is -1.00 e. The molecule has 0 radical (unpaired) electrons. The first-order valence-electron chi connectivity index (χ1n) is 3.22. The Morgan fingerprint density at radius 2 is 1.38 bits per heavy atom. The molecule has 2 rings (SSSR count). The van der Waals surface area contributed by atoms with Crippen LogP contribution in [0, 0.1) is 0 Å². The molecule has 2 heterocycles. The molecule has 7 heteroatoms. The fraction of sp³-hybridized carbons (Fsp3) is 0. The van der Waals surface area contributed by atoms with Gasteiger partial charge in [0.1, 0.15) is 0 Å². The minimum atomic E-state index is -0.197. The average Bonchev–Trinajstić information content (AvgIpc) is 2.60. The summed E-state index contributed by atoms with van der Waals surface area (Å²) in [7, 11) is 0. The molecule has 0 atom stereocenters. The summed E-state index contributed by atoms with van der Waals surface area (Å²) in [6, 6.07) is 0. The van der Waals surface area contributed by atoms with Gasteiger partial charge in [0.25, 0.3) is 0 Å². The monoisotopic (exact) mass is 718 g/mol. The van der Waals surface area contributed by atoms with Crippen LogP contribution < -0.4 is 24.8 Å². The van der Waals surface area contributed by atoms with E-state index in [9.17, 15) is 0 Å².